The van der Waals surface area contributed by atoms with Gasteiger partial charge in [0.15, 0.2) is 11.9 Å². The van der Waals surface area contributed by atoms with Crippen molar-refractivity contribution in [3.63, 3.8) is 0 Å². The second-order valence-corrected chi connectivity index (χ2v) is 7.48. The Labute approximate surface area is 116 Å². The summed E-state index contributed by atoms with van der Waals surface area (Å²) in [5, 5.41) is 8.20. The van der Waals surface area contributed by atoms with Crippen LogP contribution < -0.4 is 0 Å². The number of aldehydes is 1. The number of hydrogen-bond acceptors (Lipinski definition) is 5. The molecule has 0 unspecified atom stereocenters. The molecule has 20 heavy (non-hydrogen) atoms. The molecule has 0 N–H and O–H groups in total. The molecule has 2 aromatic heterocycles. The zero-order valence-electron chi connectivity index (χ0n) is 10.9. The molecule has 0 atom stereocenters. The van der Waals surface area contributed by atoms with Gasteiger partial charge in [-0.25, -0.2) is 8.42 Å². The maximum atomic E-state index is 11.4. The Hall–Kier alpha value is -1.76. The van der Waals surface area contributed by atoms with E-state index in [1.807, 2.05) is 0 Å². The smallest absolute Gasteiger partial charge is 0.166 e. The summed E-state index contributed by atoms with van der Waals surface area (Å²) in [6, 6.07) is 5.29. The molecule has 6 nitrogen and oxygen atoms in total. The summed E-state index contributed by atoms with van der Waals surface area (Å²) in [5.41, 5.74) is 1.17. The van der Waals surface area contributed by atoms with Crippen molar-refractivity contribution in [3.8, 4) is 0 Å². The Morgan fingerprint density at radius 1 is 1.25 bits per heavy atom. The van der Waals surface area contributed by atoms with Gasteiger partial charge in [-0.05, 0) is 30.9 Å². The Kier molecular flexibility index (Phi) is 3.29. The fraction of sp³-hybridized carbons (Fsp3) is 0.462. The molecular weight excluding hydrogens is 278 g/mol. The zero-order valence-corrected chi connectivity index (χ0v) is 11.7. The number of pyridine rings is 1. The minimum absolute atomic E-state index is 0.245. The van der Waals surface area contributed by atoms with Crippen LogP contribution in [0.2, 0.25) is 0 Å². The van der Waals surface area contributed by atoms with Gasteiger partial charge in [0.2, 0.25) is 0 Å². The normalized spacial score (nSPS) is 19.2. The Morgan fingerprint density at radius 3 is 2.70 bits per heavy atom. The molecule has 106 valence electrons. The van der Waals surface area contributed by atoms with Crippen LogP contribution in [0.3, 0.4) is 0 Å². The largest absolute Gasteiger partial charge is 0.296 e. The van der Waals surface area contributed by atoms with Crippen LogP contribution in [0.1, 0.15) is 29.2 Å². The topological polar surface area (TPSA) is 81.4 Å². The van der Waals surface area contributed by atoms with E-state index in [2.05, 4.69) is 10.2 Å². The summed E-state index contributed by atoms with van der Waals surface area (Å²) < 4.78 is 24.6. The van der Waals surface area contributed by atoms with E-state index in [1.54, 1.807) is 22.6 Å². The van der Waals surface area contributed by atoms with Crippen LogP contribution in [0, 0.1) is 5.92 Å². The minimum atomic E-state index is -2.85. The van der Waals surface area contributed by atoms with Crippen LogP contribution in [-0.2, 0) is 16.3 Å². The first-order valence-electron chi connectivity index (χ1n) is 6.58. The van der Waals surface area contributed by atoms with Gasteiger partial charge in [-0.1, -0.05) is 6.07 Å². The van der Waals surface area contributed by atoms with Gasteiger partial charge in [-0.3, -0.25) is 9.20 Å². The molecule has 0 radical (unpaired) electrons. The molecule has 7 heteroatoms. The van der Waals surface area contributed by atoms with Crippen molar-refractivity contribution in [1.82, 2.24) is 14.6 Å². The number of nitrogens with zero attached hydrogens (tertiary/aromatic N) is 3. The van der Waals surface area contributed by atoms with Gasteiger partial charge in [0.05, 0.1) is 17.2 Å². The van der Waals surface area contributed by atoms with E-state index in [0.717, 1.165) is 12.1 Å². The third kappa shape index (κ3) is 2.45. The van der Waals surface area contributed by atoms with Gasteiger partial charge in [0, 0.05) is 6.42 Å². The number of rotatable bonds is 3. The first-order chi connectivity index (χ1) is 9.59. The molecule has 3 heterocycles. The maximum Gasteiger partial charge on any atom is 0.166 e. The molecular formula is C13H15N3O3S. The maximum absolute atomic E-state index is 11.4. The quantitative estimate of drug-likeness (QED) is 0.786. The third-order valence-corrected chi connectivity index (χ3v) is 5.51. The van der Waals surface area contributed by atoms with E-state index in [0.29, 0.717) is 30.6 Å². The monoisotopic (exact) mass is 293 g/mol. The van der Waals surface area contributed by atoms with Crippen LogP contribution in [-0.4, -0.2) is 40.8 Å². The third-order valence-electron chi connectivity index (χ3n) is 3.79. The van der Waals surface area contributed by atoms with Gasteiger partial charge < -0.3 is 0 Å². The summed E-state index contributed by atoms with van der Waals surface area (Å²) in [5.74, 6) is 1.50. The lowest BCUT2D eigenvalue weighted by molar-refractivity contribution is 0.111. The van der Waals surface area contributed by atoms with E-state index >= 15 is 0 Å². The molecule has 1 fully saturated rings. The van der Waals surface area contributed by atoms with Crippen molar-refractivity contribution < 1.29 is 13.2 Å². The number of fused-ring (bicyclic) bond motifs is 1. The predicted octanol–water partition coefficient (Wildman–Crippen LogP) is 0.909. The molecule has 1 saturated heterocycles. The molecule has 3 rings (SSSR count). The van der Waals surface area contributed by atoms with Gasteiger partial charge in [-0.2, -0.15) is 0 Å². The van der Waals surface area contributed by atoms with Gasteiger partial charge in [0.25, 0.3) is 0 Å². The van der Waals surface area contributed by atoms with Crippen LogP contribution in [0.4, 0.5) is 0 Å². The lowest BCUT2D eigenvalue weighted by atomic mass is 9.98. The van der Waals surface area contributed by atoms with E-state index in [-0.39, 0.29) is 17.4 Å². The molecule has 0 aromatic carbocycles. The molecule has 0 spiro atoms. The van der Waals surface area contributed by atoms with Gasteiger partial charge >= 0.3 is 0 Å². The van der Waals surface area contributed by atoms with Gasteiger partial charge in [-0.15, -0.1) is 10.2 Å². The predicted molar refractivity (Wildman–Crippen MR) is 73.5 cm³/mol. The summed E-state index contributed by atoms with van der Waals surface area (Å²) >= 11 is 0. The summed E-state index contributed by atoms with van der Waals surface area (Å²) in [4.78, 5) is 11.1. The molecule has 0 saturated carbocycles. The number of carbonyl (C=O) groups is 1. The molecule has 0 aliphatic carbocycles. The van der Waals surface area contributed by atoms with Gasteiger partial charge in [0.1, 0.15) is 15.7 Å². The number of aromatic nitrogens is 3. The van der Waals surface area contributed by atoms with Crippen LogP contribution in [0.5, 0.6) is 0 Å². The number of carbonyl (C=O) groups excluding carboxylic acids is 1. The van der Waals surface area contributed by atoms with Crippen LogP contribution in [0.15, 0.2) is 18.2 Å². The molecule has 0 amide bonds. The highest BCUT2D eigenvalue weighted by atomic mass is 32.2. The highest BCUT2D eigenvalue weighted by Crippen LogP contribution is 2.23. The van der Waals surface area contributed by atoms with E-state index < -0.39 is 9.84 Å². The fourth-order valence-electron chi connectivity index (χ4n) is 2.65. The van der Waals surface area contributed by atoms with Crippen molar-refractivity contribution in [1.29, 1.82) is 0 Å². The summed E-state index contributed by atoms with van der Waals surface area (Å²) in [7, 11) is -2.85. The lowest BCUT2D eigenvalue weighted by Crippen LogP contribution is -2.25. The minimum Gasteiger partial charge on any atom is -0.296 e. The molecule has 2 aromatic rings. The molecule has 1 aliphatic heterocycles. The first kappa shape index (κ1) is 13.2. The lowest BCUT2D eigenvalue weighted by Gasteiger charge is -2.21. The highest BCUT2D eigenvalue weighted by molar-refractivity contribution is 7.91. The van der Waals surface area contributed by atoms with Crippen molar-refractivity contribution >= 4 is 21.8 Å². The zero-order chi connectivity index (χ0) is 14.2. The molecule has 1 aliphatic rings. The summed E-state index contributed by atoms with van der Waals surface area (Å²) in [6.07, 6.45) is 2.74. The Bertz CT molecular complexity index is 737. The van der Waals surface area contributed by atoms with Crippen LogP contribution in [0.25, 0.3) is 5.65 Å². The van der Waals surface area contributed by atoms with Crippen molar-refractivity contribution in [2.45, 2.75) is 19.3 Å². The van der Waals surface area contributed by atoms with E-state index in [1.165, 1.54) is 0 Å². The Morgan fingerprint density at radius 2 is 2.00 bits per heavy atom. The highest BCUT2D eigenvalue weighted by Gasteiger charge is 2.25. The second-order valence-electron chi connectivity index (χ2n) is 5.18. The number of sulfone groups is 1. The number of hydrogen-bond donors (Lipinski definition) is 0. The SMILES string of the molecule is O=Cc1cccc2nnc(CC3CCS(=O)(=O)CC3)n12. The Balaban J connectivity index is 1.87. The van der Waals surface area contributed by atoms with Crippen molar-refractivity contribution in [2.75, 3.05) is 11.5 Å². The van der Waals surface area contributed by atoms with Crippen molar-refractivity contribution in [2.24, 2.45) is 5.92 Å². The van der Waals surface area contributed by atoms with Crippen molar-refractivity contribution in [3.05, 3.63) is 29.7 Å². The van der Waals surface area contributed by atoms with E-state index in [9.17, 15) is 13.2 Å². The standard InChI is InChI=1S/C13H15N3O3S/c17-9-11-2-1-3-12-14-15-13(16(11)12)8-10-4-6-20(18,19)7-5-10/h1-3,9-10H,4-8H2. The van der Waals surface area contributed by atoms with E-state index in [4.69, 9.17) is 0 Å². The fourth-order valence-corrected chi connectivity index (χ4v) is 4.24. The second kappa shape index (κ2) is 4.97. The molecule has 0 bridgehead atoms. The van der Waals surface area contributed by atoms with Crippen LogP contribution >= 0.6 is 0 Å². The average Bonchev–Trinajstić information content (AvgIpc) is 2.84. The summed E-state index contributed by atoms with van der Waals surface area (Å²) in [6.45, 7) is 0. The first-order valence-corrected chi connectivity index (χ1v) is 8.40. The average molecular weight is 293 g/mol.